The highest BCUT2D eigenvalue weighted by Crippen LogP contribution is 2.42. The number of furan rings is 1. The fourth-order valence-electron chi connectivity index (χ4n) is 9.40. The Morgan fingerprint density at radius 1 is 0.333 bits per heavy atom. The molecule has 2 heterocycles. The zero-order chi connectivity index (χ0) is 40.6. The van der Waals surface area contributed by atoms with Crippen LogP contribution in [0.2, 0.25) is 0 Å². The summed E-state index contributed by atoms with van der Waals surface area (Å²) in [5, 5.41) is 9.62. The third-order valence-electron chi connectivity index (χ3n) is 12.9. The summed E-state index contributed by atoms with van der Waals surface area (Å²) < 4.78 is 6.82. The fraction of sp³-hybridized carbons (Fsp3) is 0. The van der Waals surface area contributed by atoms with Crippen LogP contribution in [-0.4, -0.2) is 54.2 Å². The van der Waals surface area contributed by atoms with Crippen LogP contribution in [0, 0.1) is 0 Å². The zero-order valence-electron chi connectivity index (χ0n) is 34.3. The summed E-state index contributed by atoms with van der Waals surface area (Å²) in [6, 6.07) is 55.8. The maximum absolute atomic E-state index is 6.82. The molecule has 0 radical (unpaired) electrons. The Balaban J connectivity index is 1.07. The van der Waals surface area contributed by atoms with Crippen molar-refractivity contribution in [2.24, 2.45) is 0 Å². The first kappa shape index (κ1) is 36.0. The predicted octanol–water partition coefficient (Wildman–Crippen LogP) is 4.86. The van der Waals surface area contributed by atoms with E-state index in [2.05, 4.69) is 167 Å². The third-order valence-corrected chi connectivity index (χ3v) is 12.9. The molecule has 11 aromatic rings. The Morgan fingerprint density at radius 3 is 1.45 bits per heavy atom. The van der Waals surface area contributed by atoms with Crippen molar-refractivity contribution >= 4 is 121 Å². The molecular formula is C51H36B5N3O. The van der Waals surface area contributed by atoms with Crippen LogP contribution in [0.4, 0.5) is 0 Å². The van der Waals surface area contributed by atoms with Gasteiger partial charge < -0.3 is 4.42 Å². The lowest BCUT2D eigenvalue weighted by atomic mass is 9.59. The molecule has 0 N–H and O–H groups in total. The van der Waals surface area contributed by atoms with Crippen molar-refractivity contribution in [3.05, 3.63) is 158 Å². The second kappa shape index (κ2) is 14.0. The summed E-state index contributed by atoms with van der Waals surface area (Å²) >= 11 is 0. The summed E-state index contributed by atoms with van der Waals surface area (Å²) in [6.45, 7) is 0. The Labute approximate surface area is 352 Å². The van der Waals surface area contributed by atoms with Crippen LogP contribution >= 0.6 is 0 Å². The first-order valence-corrected chi connectivity index (χ1v) is 20.6. The van der Waals surface area contributed by atoms with E-state index in [0.29, 0.717) is 17.5 Å². The summed E-state index contributed by atoms with van der Waals surface area (Å²) in [4.78, 5) is 15.4. The minimum Gasteiger partial charge on any atom is -0.455 e. The summed E-state index contributed by atoms with van der Waals surface area (Å²) in [6.07, 6.45) is 0. The number of aromatic nitrogens is 3. The maximum Gasteiger partial charge on any atom is 0.167 e. The zero-order valence-corrected chi connectivity index (χ0v) is 34.3. The number of nitrogens with zero attached hydrogens (tertiary/aromatic N) is 3. The van der Waals surface area contributed by atoms with Crippen molar-refractivity contribution in [3.63, 3.8) is 0 Å². The first-order chi connectivity index (χ1) is 29.3. The monoisotopic (exact) mass is 761 g/mol. The molecule has 11 rings (SSSR count). The lowest BCUT2D eigenvalue weighted by Crippen LogP contribution is -2.55. The average Bonchev–Trinajstić information content (AvgIpc) is 3.70. The van der Waals surface area contributed by atoms with E-state index in [9.17, 15) is 0 Å². The van der Waals surface area contributed by atoms with Gasteiger partial charge in [0.25, 0.3) is 0 Å². The highest BCUT2D eigenvalue weighted by atomic mass is 16.3. The van der Waals surface area contributed by atoms with Crippen molar-refractivity contribution in [1.82, 2.24) is 15.0 Å². The van der Waals surface area contributed by atoms with Gasteiger partial charge in [0.1, 0.15) is 50.4 Å². The van der Waals surface area contributed by atoms with E-state index in [1.807, 2.05) is 30.3 Å². The van der Waals surface area contributed by atoms with Gasteiger partial charge in [-0.05, 0) is 72.8 Å². The SMILES string of the molecule is Bc1c(B)c(B)c(-c2ccc(-c3nc(-c4ccccc4)nc(-c4cccc5c4oc4cccc(-c6ccc7c8ccccc8c8ccccc8c7c6)c45)n3)cc2)c(B)c1B. The normalized spacial score (nSPS) is 11.7. The Hall–Kier alpha value is -7.11. The lowest BCUT2D eigenvalue weighted by molar-refractivity contribution is 0.669. The molecule has 9 heteroatoms. The van der Waals surface area contributed by atoms with Gasteiger partial charge >= 0.3 is 0 Å². The van der Waals surface area contributed by atoms with Crippen LogP contribution in [0.15, 0.2) is 162 Å². The van der Waals surface area contributed by atoms with Crippen LogP contribution in [0.5, 0.6) is 0 Å². The molecule has 0 amide bonds. The van der Waals surface area contributed by atoms with Gasteiger partial charge in [-0.2, -0.15) is 0 Å². The van der Waals surface area contributed by atoms with E-state index in [0.717, 1.165) is 49.8 Å². The van der Waals surface area contributed by atoms with Crippen LogP contribution in [-0.2, 0) is 0 Å². The fourth-order valence-corrected chi connectivity index (χ4v) is 9.40. The average molecular weight is 761 g/mol. The smallest absolute Gasteiger partial charge is 0.167 e. The Kier molecular flexibility index (Phi) is 8.42. The molecule has 4 nitrogen and oxygen atoms in total. The van der Waals surface area contributed by atoms with E-state index in [1.165, 1.54) is 70.8 Å². The highest BCUT2D eigenvalue weighted by molar-refractivity contribution is 6.68. The third kappa shape index (κ3) is 5.64. The molecule has 0 aliphatic carbocycles. The van der Waals surface area contributed by atoms with Crippen LogP contribution in [0.1, 0.15) is 0 Å². The van der Waals surface area contributed by atoms with Crippen molar-refractivity contribution in [2.45, 2.75) is 0 Å². The van der Waals surface area contributed by atoms with Gasteiger partial charge in [-0.3, -0.25) is 0 Å². The molecule has 0 spiro atoms. The quantitative estimate of drug-likeness (QED) is 0.186. The second-order valence-corrected chi connectivity index (χ2v) is 16.1. The van der Waals surface area contributed by atoms with Gasteiger partial charge in [0.2, 0.25) is 0 Å². The summed E-state index contributed by atoms with van der Waals surface area (Å²) in [5.74, 6) is 1.79. The number of para-hydroxylation sites is 1. The molecule has 0 bridgehead atoms. The summed E-state index contributed by atoms with van der Waals surface area (Å²) in [7, 11) is 11.1. The molecule has 0 atom stereocenters. The Morgan fingerprint density at radius 2 is 0.800 bits per heavy atom. The van der Waals surface area contributed by atoms with E-state index in [4.69, 9.17) is 19.4 Å². The Bertz CT molecular complexity index is 3490. The molecule has 9 aromatic carbocycles. The number of hydrogen-bond donors (Lipinski definition) is 0. The van der Waals surface area contributed by atoms with Crippen molar-refractivity contribution in [3.8, 4) is 56.4 Å². The minimum atomic E-state index is 0.565. The molecule has 60 heavy (non-hydrogen) atoms. The number of fused-ring (bicyclic) bond motifs is 9. The van der Waals surface area contributed by atoms with E-state index < -0.39 is 0 Å². The van der Waals surface area contributed by atoms with E-state index >= 15 is 0 Å². The first-order valence-electron chi connectivity index (χ1n) is 20.6. The number of rotatable bonds is 5. The van der Waals surface area contributed by atoms with E-state index in [1.54, 1.807) is 0 Å². The molecule has 0 saturated carbocycles. The van der Waals surface area contributed by atoms with Crippen molar-refractivity contribution in [2.75, 3.05) is 0 Å². The topological polar surface area (TPSA) is 51.8 Å². The van der Waals surface area contributed by atoms with Gasteiger partial charge in [-0.1, -0.05) is 150 Å². The van der Waals surface area contributed by atoms with Gasteiger partial charge in [0.15, 0.2) is 17.5 Å². The number of benzene rings is 9. The van der Waals surface area contributed by atoms with Gasteiger partial charge in [0.05, 0.1) is 5.56 Å². The standard InChI is InChI=1S/C51H36B5N3O/c52-43-41(44(53)46(55)47(56)45(43)54)27-20-22-29(23-21-27)50-57-49(28-10-2-1-3-11-28)58-51(59-50)38-18-8-17-37-42-31(16-9-19-40(42)60-48(37)38)30-24-25-36-34-14-5-4-12-32(34)33-13-6-7-15-35(33)39(36)26-30/h1-26H,52-56H2. The maximum atomic E-state index is 6.82. The summed E-state index contributed by atoms with van der Waals surface area (Å²) in [5.41, 5.74) is 15.7. The highest BCUT2D eigenvalue weighted by Gasteiger charge is 2.21. The largest absolute Gasteiger partial charge is 0.455 e. The second-order valence-electron chi connectivity index (χ2n) is 16.1. The van der Waals surface area contributed by atoms with Crippen LogP contribution in [0.25, 0.3) is 111 Å². The van der Waals surface area contributed by atoms with Crippen molar-refractivity contribution < 1.29 is 4.42 Å². The van der Waals surface area contributed by atoms with E-state index in [-0.39, 0.29) is 0 Å². The van der Waals surface area contributed by atoms with Gasteiger partial charge in [0, 0.05) is 21.9 Å². The molecular weight excluding hydrogens is 725 g/mol. The molecule has 0 aliphatic rings. The molecule has 0 aliphatic heterocycles. The van der Waals surface area contributed by atoms with Crippen molar-refractivity contribution in [1.29, 1.82) is 0 Å². The lowest BCUT2D eigenvalue weighted by Gasteiger charge is -2.20. The van der Waals surface area contributed by atoms with Crippen LogP contribution in [0.3, 0.4) is 0 Å². The molecule has 276 valence electrons. The molecule has 0 saturated heterocycles. The van der Waals surface area contributed by atoms with Gasteiger partial charge in [-0.25, -0.2) is 15.0 Å². The predicted molar refractivity (Wildman–Crippen MR) is 268 cm³/mol. The molecule has 0 unspecified atom stereocenters. The molecule has 0 fully saturated rings. The van der Waals surface area contributed by atoms with Gasteiger partial charge in [-0.15, -0.1) is 16.4 Å². The minimum absolute atomic E-state index is 0.565. The number of hydrogen-bond acceptors (Lipinski definition) is 4. The van der Waals surface area contributed by atoms with Crippen LogP contribution < -0.4 is 27.3 Å². The molecule has 2 aromatic heterocycles.